The van der Waals surface area contributed by atoms with Crippen LogP contribution in [-0.4, -0.2) is 71.9 Å². The van der Waals surface area contributed by atoms with Crippen molar-refractivity contribution in [2.75, 3.05) is 18.9 Å². The first kappa shape index (κ1) is 35.4. The quantitative estimate of drug-likeness (QED) is 0.149. The number of thiol groups is 1. The number of rotatable bonds is 17. The number of amides is 4. The van der Waals surface area contributed by atoms with E-state index in [1.807, 2.05) is 64.1 Å². The summed E-state index contributed by atoms with van der Waals surface area (Å²) in [6.45, 7) is 7.90. The van der Waals surface area contributed by atoms with Gasteiger partial charge in [0.1, 0.15) is 18.1 Å². The summed E-state index contributed by atoms with van der Waals surface area (Å²) >= 11 is 4.24. The van der Waals surface area contributed by atoms with Crippen molar-refractivity contribution in [1.29, 1.82) is 0 Å². The number of nitrogens with one attached hydrogen (secondary N) is 4. The fourth-order valence-corrected chi connectivity index (χ4v) is 4.51. The summed E-state index contributed by atoms with van der Waals surface area (Å²) in [5.74, 6) is -2.80. The van der Waals surface area contributed by atoms with Crippen LogP contribution in [0.5, 0.6) is 0 Å². The Balaban J connectivity index is 2.01. The average molecular weight is 617 g/mol. The number of alkyl carbamates (subject to hydrolysis) is 1. The number of carbonyl (C=O) groups excluding carboxylic acids is 4. The Labute approximate surface area is 258 Å². The monoisotopic (exact) mass is 616 g/mol. The van der Waals surface area contributed by atoms with Gasteiger partial charge < -0.3 is 31.1 Å². The molecule has 5 N–H and O–H groups in total. The van der Waals surface area contributed by atoms with Crippen molar-refractivity contribution in [3.63, 3.8) is 0 Å². The Morgan fingerprint density at radius 3 is 2.09 bits per heavy atom. The van der Waals surface area contributed by atoms with Gasteiger partial charge in [-0.15, -0.1) is 0 Å². The molecule has 3 atom stereocenters. The smallest absolute Gasteiger partial charge is 0.407 e. The Morgan fingerprint density at radius 1 is 0.814 bits per heavy atom. The third kappa shape index (κ3) is 12.9. The van der Waals surface area contributed by atoms with Gasteiger partial charge in [-0.1, -0.05) is 70.2 Å². The minimum atomic E-state index is -1.24. The number of hydrogen-bond acceptors (Lipinski definition) is 7. The van der Waals surface area contributed by atoms with Gasteiger partial charge in [-0.3, -0.25) is 19.2 Å². The third-order valence-electron chi connectivity index (χ3n) is 6.49. The van der Waals surface area contributed by atoms with Gasteiger partial charge in [0.25, 0.3) is 0 Å². The molecule has 2 rings (SSSR count). The summed E-state index contributed by atoms with van der Waals surface area (Å²) in [7, 11) is 0. The highest BCUT2D eigenvalue weighted by atomic mass is 32.1. The van der Waals surface area contributed by atoms with Crippen molar-refractivity contribution in [3.05, 3.63) is 48.0 Å². The Bertz CT molecular complexity index is 1250. The lowest BCUT2D eigenvalue weighted by atomic mass is 10.0. The second-order valence-corrected chi connectivity index (χ2v) is 11.6. The lowest BCUT2D eigenvalue weighted by molar-refractivity contribution is -0.137. The molecule has 0 spiro atoms. The lowest BCUT2D eigenvalue weighted by Gasteiger charge is -2.25. The van der Waals surface area contributed by atoms with E-state index in [2.05, 4.69) is 40.0 Å². The van der Waals surface area contributed by atoms with Crippen LogP contribution in [0.25, 0.3) is 10.8 Å². The van der Waals surface area contributed by atoms with Crippen LogP contribution in [0.2, 0.25) is 0 Å². The number of fused-ring (bicyclic) bond motifs is 1. The summed E-state index contributed by atoms with van der Waals surface area (Å²) in [6, 6.07) is 10.9. The van der Waals surface area contributed by atoms with Crippen molar-refractivity contribution >= 4 is 53.2 Å². The second kappa shape index (κ2) is 18.0. The van der Waals surface area contributed by atoms with Crippen LogP contribution in [0, 0.1) is 11.8 Å². The predicted octanol–water partition coefficient (Wildman–Crippen LogP) is 3.06. The van der Waals surface area contributed by atoms with Crippen molar-refractivity contribution in [1.82, 2.24) is 21.3 Å². The molecule has 2 aromatic rings. The Kier molecular flexibility index (Phi) is 14.8. The van der Waals surface area contributed by atoms with Gasteiger partial charge in [-0.25, -0.2) is 4.79 Å². The highest BCUT2D eigenvalue weighted by molar-refractivity contribution is 7.80. The van der Waals surface area contributed by atoms with Crippen molar-refractivity contribution in [2.45, 2.75) is 71.5 Å². The molecule has 0 unspecified atom stereocenters. The standard InChI is InChI=1S/C31H44N4O7S/c1-19(2)15-25(33-29(39)24(11-12-27(36)37)35-31(41)42-17-20(3)4)30(40)34-26(18-43)28(38)32-14-13-21-9-10-22-7-5-6-8-23(22)16-21/h5-10,16,19-20,24-26,43H,11-15,17-18H2,1-4H3,(H,32,38)(H,33,39)(H,34,40)(H,35,41)(H,36,37)/t24-,25-,26-/m0/s1. The van der Waals surface area contributed by atoms with Crippen LogP contribution in [0.3, 0.4) is 0 Å². The molecule has 0 heterocycles. The molecule has 0 aliphatic carbocycles. The molecular formula is C31H44N4O7S. The molecule has 0 saturated heterocycles. The van der Waals surface area contributed by atoms with Crippen LogP contribution in [-0.2, 0) is 30.3 Å². The van der Waals surface area contributed by atoms with Crippen LogP contribution in [0.4, 0.5) is 4.79 Å². The fraction of sp³-hybridized carbons (Fsp3) is 0.516. The summed E-state index contributed by atoms with van der Waals surface area (Å²) in [5, 5.41) is 21.9. The van der Waals surface area contributed by atoms with E-state index in [0.717, 1.165) is 16.3 Å². The van der Waals surface area contributed by atoms with Crippen molar-refractivity contribution in [2.24, 2.45) is 11.8 Å². The predicted molar refractivity (Wildman–Crippen MR) is 168 cm³/mol. The molecular weight excluding hydrogens is 572 g/mol. The molecule has 0 aromatic heterocycles. The van der Waals surface area contributed by atoms with E-state index in [4.69, 9.17) is 9.84 Å². The van der Waals surface area contributed by atoms with Crippen LogP contribution >= 0.6 is 12.6 Å². The molecule has 0 bridgehead atoms. The Morgan fingerprint density at radius 2 is 1.47 bits per heavy atom. The topological polar surface area (TPSA) is 163 Å². The fourth-order valence-electron chi connectivity index (χ4n) is 4.25. The largest absolute Gasteiger partial charge is 0.481 e. The van der Waals surface area contributed by atoms with E-state index in [0.29, 0.717) is 13.0 Å². The molecule has 0 radical (unpaired) electrons. The van der Waals surface area contributed by atoms with Crippen LogP contribution < -0.4 is 21.3 Å². The zero-order chi connectivity index (χ0) is 31.9. The number of benzene rings is 2. The maximum atomic E-state index is 13.3. The molecule has 11 nitrogen and oxygen atoms in total. The Hall–Kier alpha value is -3.80. The number of carbonyl (C=O) groups is 5. The number of carboxylic acid groups (broad SMARTS) is 1. The number of ether oxygens (including phenoxy) is 1. The van der Waals surface area contributed by atoms with Crippen LogP contribution in [0.15, 0.2) is 42.5 Å². The molecule has 0 fully saturated rings. The highest BCUT2D eigenvalue weighted by Gasteiger charge is 2.30. The first-order valence-corrected chi connectivity index (χ1v) is 15.1. The van der Waals surface area contributed by atoms with Gasteiger partial charge in [0, 0.05) is 18.7 Å². The summed E-state index contributed by atoms with van der Waals surface area (Å²) in [6.07, 6.45) is -0.610. The highest BCUT2D eigenvalue weighted by Crippen LogP contribution is 2.16. The molecule has 236 valence electrons. The van der Waals surface area contributed by atoms with E-state index in [-0.39, 0.29) is 43.5 Å². The minimum Gasteiger partial charge on any atom is -0.481 e. The molecule has 43 heavy (non-hydrogen) atoms. The van der Waals surface area contributed by atoms with Gasteiger partial charge in [-0.2, -0.15) is 12.6 Å². The first-order valence-electron chi connectivity index (χ1n) is 14.5. The second-order valence-electron chi connectivity index (χ2n) is 11.3. The number of carboxylic acids is 1. The van der Waals surface area contributed by atoms with Gasteiger partial charge in [-0.05, 0) is 47.4 Å². The molecule has 0 saturated carbocycles. The minimum absolute atomic E-state index is 0.0114. The van der Waals surface area contributed by atoms with Crippen molar-refractivity contribution in [3.8, 4) is 0 Å². The molecule has 0 aliphatic heterocycles. The maximum Gasteiger partial charge on any atom is 0.407 e. The van der Waals surface area contributed by atoms with Crippen molar-refractivity contribution < 1.29 is 33.8 Å². The summed E-state index contributed by atoms with van der Waals surface area (Å²) in [5.41, 5.74) is 1.06. The van der Waals surface area contributed by atoms with E-state index >= 15 is 0 Å². The first-order chi connectivity index (χ1) is 20.4. The summed E-state index contributed by atoms with van der Waals surface area (Å²) < 4.78 is 5.07. The average Bonchev–Trinajstić information content (AvgIpc) is 2.95. The van der Waals surface area contributed by atoms with Gasteiger partial charge >= 0.3 is 12.1 Å². The maximum absolute atomic E-state index is 13.3. The van der Waals surface area contributed by atoms with Crippen LogP contribution in [0.1, 0.15) is 52.5 Å². The van der Waals surface area contributed by atoms with Gasteiger partial charge in [0.05, 0.1) is 6.61 Å². The van der Waals surface area contributed by atoms with E-state index in [1.54, 1.807) is 0 Å². The lowest BCUT2D eigenvalue weighted by Crippen LogP contribution is -2.57. The molecule has 4 amide bonds. The number of hydrogen-bond donors (Lipinski definition) is 6. The zero-order valence-electron chi connectivity index (χ0n) is 25.2. The normalized spacial score (nSPS) is 13.2. The van der Waals surface area contributed by atoms with Gasteiger partial charge in [0.15, 0.2) is 0 Å². The van der Waals surface area contributed by atoms with E-state index in [9.17, 15) is 24.0 Å². The SMILES string of the molecule is CC(C)COC(=O)N[C@@H](CCC(=O)O)C(=O)N[C@@H](CC(C)C)C(=O)N[C@@H](CS)C(=O)NCCc1ccc2ccccc2c1. The molecule has 0 aliphatic rings. The number of aliphatic carboxylic acids is 1. The van der Waals surface area contributed by atoms with E-state index in [1.165, 1.54) is 0 Å². The molecule has 2 aromatic carbocycles. The third-order valence-corrected chi connectivity index (χ3v) is 6.85. The van der Waals surface area contributed by atoms with Gasteiger partial charge in [0.2, 0.25) is 17.7 Å². The summed E-state index contributed by atoms with van der Waals surface area (Å²) in [4.78, 5) is 62.6. The zero-order valence-corrected chi connectivity index (χ0v) is 26.1. The van der Waals surface area contributed by atoms with E-state index < -0.39 is 47.9 Å². The molecule has 12 heteroatoms.